The van der Waals surface area contributed by atoms with Gasteiger partial charge in [-0.15, -0.1) is 0 Å². The van der Waals surface area contributed by atoms with Crippen molar-refractivity contribution >= 4 is 27.4 Å². The molecule has 0 spiro atoms. The third-order valence-electron chi connectivity index (χ3n) is 2.77. The first-order chi connectivity index (χ1) is 9.91. The Kier molecular flexibility index (Phi) is 5.08. The normalized spacial score (nSPS) is 14.2. The first kappa shape index (κ1) is 16.1. The fourth-order valence-electron chi connectivity index (χ4n) is 2.03. The van der Waals surface area contributed by atoms with Gasteiger partial charge in [0.25, 0.3) is 0 Å². The van der Waals surface area contributed by atoms with E-state index in [0.717, 1.165) is 0 Å². The second kappa shape index (κ2) is 6.64. The standard InChI is InChI=1S/C13H15ClO6S/c1-2-19-12(15)7-21(16,17)6-10-4-11(14)3-9-5-18-8-20-13(9)10/h3-4H,2,5-8H2,1H3. The van der Waals surface area contributed by atoms with E-state index in [2.05, 4.69) is 4.74 Å². The molecular formula is C13H15ClO6S. The van der Waals surface area contributed by atoms with Crippen molar-refractivity contribution in [3.05, 3.63) is 28.3 Å². The molecule has 1 aromatic rings. The molecule has 21 heavy (non-hydrogen) atoms. The van der Waals surface area contributed by atoms with Gasteiger partial charge in [-0.1, -0.05) is 11.6 Å². The molecule has 0 bridgehead atoms. The Morgan fingerprint density at radius 2 is 2.19 bits per heavy atom. The van der Waals surface area contributed by atoms with E-state index < -0.39 is 21.6 Å². The van der Waals surface area contributed by atoms with Crippen LogP contribution in [0.4, 0.5) is 0 Å². The molecule has 0 radical (unpaired) electrons. The zero-order chi connectivity index (χ0) is 15.5. The molecule has 0 amide bonds. The van der Waals surface area contributed by atoms with Crippen molar-refractivity contribution in [2.75, 3.05) is 19.2 Å². The van der Waals surface area contributed by atoms with Gasteiger partial charge in [-0.3, -0.25) is 4.79 Å². The van der Waals surface area contributed by atoms with E-state index in [1.54, 1.807) is 13.0 Å². The van der Waals surface area contributed by atoms with Gasteiger partial charge in [-0.05, 0) is 19.1 Å². The van der Waals surface area contributed by atoms with Crippen molar-refractivity contribution in [2.24, 2.45) is 0 Å². The lowest BCUT2D eigenvalue weighted by Gasteiger charge is -2.21. The first-order valence-corrected chi connectivity index (χ1v) is 8.49. The largest absolute Gasteiger partial charge is 0.467 e. The van der Waals surface area contributed by atoms with Crippen LogP contribution in [0, 0.1) is 0 Å². The van der Waals surface area contributed by atoms with Crippen molar-refractivity contribution in [3.8, 4) is 5.75 Å². The summed E-state index contributed by atoms with van der Waals surface area (Å²) in [5, 5.41) is 0.393. The molecule has 0 aromatic heterocycles. The average Bonchev–Trinajstić information content (AvgIpc) is 2.37. The highest BCUT2D eigenvalue weighted by Gasteiger charge is 2.23. The molecule has 1 aliphatic heterocycles. The maximum Gasteiger partial charge on any atom is 0.321 e. The number of hydrogen-bond acceptors (Lipinski definition) is 6. The highest BCUT2D eigenvalue weighted by Crippen LogP contribution is 2.32. The third-order valence-corrected chi connectivity index (χ3v) is 4.41. The van der Waals surface area contributed by atoms with Crippen LogP contribution in [0.1, 0.15) is 18.1 Å². The molecule has 0 atom stereocenters. The number of rotatable bonds is 5. The van der Waals surface area contributed by atoms with Crippen LogP contribution in [-0.4, -0.2) is 33.5 Å². The second-order valence-corrected chi connectivity index (χ2v) is 7.00. The fraction of sp³-hybridized carbons (Fsp3) is 0.462. The van der Waals surface area contributed by atoms with Gasteiger partial charge in [0.15, 0.2) is 16.6 Å². The van der Waals surface area contributed by atoms with E-state index in [9.17, 15) is 13.2 Å². The summed E-state index contributed by atoms with van der Waals surface area (Å²) >= 11 is 5.97. The number of halogens is 1. The summed E-state index contributed by atoms with van der Waals surface area (Å²) < 4.78 is 39.2. The van der Waals surface area contributed by atoms with Crippen LogP contribution in [0.25, 0.3) is 0 Å². The molecule has 0 N–H and O–H groups in total. The van der Waals surface area contributed by atoms with Crippen molar-refractivity contribution < 1.29 is 27.4 Å². The molecule has 0 fully saturated rings. The predicted octanol–water partition coefficient (Wildman–Crippen LogP) is 1.68. The average molecular weight is 335 g/mol. The van der Waals surface area contributed by atoms with Crippen molar-refractivity contribution in [1.82, 2.24) is 0 Å². The Labute approximate surface area is 127 Å². The van der Waals surface area contributed by atoms with Crippen LogP contribution in [0.3, 0.4) is 0 Å². The van der Waals surface area contributed by atoms with Gasteiger partial charge < -0.3 is 14.2 Å². The van der Waals surface area contributed by atoms with E-state index in [0.29, 0.717) is 28.5 Å². The van der Waals surface area contributed by atoms with Crippen molar-refractivity contribution in [3.63, 3.8) is 0 Å². The van der Waals surface area contributed by atoms with Crippen molar-refractivity contribution in [1.29, 1.82) is 0 Å². The number of carbonyl (C=O) groups is 1. The summed E-state index contributed by atoms with van der Waals surface area (Å²) in [5.41, 5.74) is 1.11. The predicted molar refractivity (Wildman–Crippen MR) is 75.9 cm³/mol. The molecule has 0 unspecified atom stereocenters. The van der Waals surface area contributed by atoms with Crippen LogP contribution in [-0.2, 0) is 36.5 Å². The van der Waals surface area contributed by atoms with E-state index in [-0.39, 0.29) is 19.2 Å². The monoisotopic (exact) mass is 334 g/mol. The quantitative estimate of drug-likeness (QED) is 0.762. The minimum Gasteiger partial charge on any atom is -0.467 e. The van der Waals surface area contributed by atoms with Gasteiger partial charge in [-0.2, -0.15) is 0 Å². The number of sulfone groups is 1. The van der Waals surface area contributed by atoms with Crippen LogP contribution in [0.2, 0.25) is 5.02 Å². The number of carbonyl (C=O) groups excluding carboxylic acids is 1. The van der Waals surface area contributed by atoms with Gasteiger partial charge in [0, 0.05) is 16.1 Å². The molecule has 0 aliphatic carbocycles. The molecule has 0 saturated heterocycles. The van der Waals surface area contributed by atoms with Gasteiger partial charge >= 0.3 is 5.97 Å². The molecule has 116 valence electrons. The first-order valence-electron chi connectivity index (χ1n) is 6.29. The van der Waals surface area contributed by atoms with E-state index in [4.69, 9.17) is 21.1 Å². The number of esters is 1. The minimum atomic E-state index is -3.66. The number of fused-ring (bicyclic) bond motifs is 1. The summed E-state index contributed by atoms with van der Waals surface area (Å²) in [5.74, 6) is -1.32. The Bertz CT molecular complexity index is 640. The number of ether oxygens (including phenoxy) is 3. The summed E-state index contributed by atoms with van der Waals surface area (Å²) in [7, 11) is -3.66. The maximum absolute atomic E-state index is 12.1. The SMILES string of the molecule is CCOC(=O)CS(=O)(=O)Cc1cc(Cl)cc2c1OCOC2. The summed E-state index contributed by atoms with van der Waals surface area (Å²) in [6.45, 7) is 2.12. The topological polar surface area (TPSA) is 78.9 Å². The van der Waals surface area contributed by atoms with Gasteiger partial charge in [0.2, 0.25) is 0 Å². The van der Waals surface area contributed by atoms with Gasteiger partial charge in [0.1, 0.15) is 11.5 Å². The van der Waals surface area contributed by atoms with E-state index >= 15 is 0 Å². The minimum absolute atomic E-state index is 0.0551. The molecular weight excluding hydrogens is 320 g/mol. The fourth-order valence-corrected chi connectivity index (χ4v) is 3.53. The molecule has 1 aromatic carbocycles. The lowest BCUT2D eigenvalue weighted by Crippen LogP contribution is -2.21. The molecule has 8 heteroatoms. The van der Waals surface area contributed by atoms with Gasteiger partial charge in [-0.25, -0.2) is 8.42 Å². The number of benzene rings is 1. The Morgan fingerprint density at radius 3 is 2.90 bits per heavy atom. The molecule has 1 heterocycles. The molecule has 1 aliphatic rings. The van der Waals surface area contributed by atoms with E-state index in [1.807, 2.05) is 0 Å². The lowest BCUT2D eigenvalue weighted by molar-refractivity contribution is -0.139. The highest BCUT2D eigenvalue weighted by atomic mass is 35.5. The number of hydrogen-bond donors (Lipinski definition) is 0. The Hall–Kier alpha value is -1.31. The third kappa shape index (κ3) is 4.33. The Balaban J connectivity index is 2.23. The van der Waals surface area contributed by atoms with Crippen LogP contribution < -0.4 is 4.74 Å². The summed E-state index contributed by atoms with van der Waals surface area (Å²) in [6, 6.07) is 3.19. The molecule has 2 rings (SSSR count). The Morgan fingerprint density at radius 1 is 1.43 bits per heavy atom. The van der Waals surface area contributed by atoms with Gasteiger partial charge in [0.05, 0.1) is 19.0 Å². The van der Waals surface area contributed by atoms with Crippen LogP contribution in [0.5, 0.6) is 5.75 Å². The maximum atomic E-state index is 12.1. The molecule has 6 nitrogen and oxygen atoms in total. The van der Waals surface area contributed by atoms with E-state index in [1.165, 1.54) is 6.07 Å². The zero-order valence-corrected chi connectivity index (χ0v) is 13.0. The lowest BCUT2D eigenvalue weighted by atomic mass is 10.1. The highest BCUT2D eigenvalue weighted by molar-refractivity contribution is 7.91. The second-order valence-electron chi connectivity index (χ2n) is 4.50. The van der Waals surface area contributed by atoms with Crippen LogP contribution >= 0.6 is 11.6 Å². The zero-order valence-electron chi connectivity index (χ0n) is 11.4. The molecule has 0 saturated carbocycles. The summed E-state index contributed by atoms with van der Waals surface area (Å²) in [4.78, 5) is 11.3. The summed E-state index contributed by atoms with van der Waals surface area (Å²) in [6.07, 6.45) is 0. The van der Waals surface area contributed by atoms with Crippen LogP contribution in [0.15, 0.2) is 12.1 Å². The van der Waals surface area contributed by atoms with Crippen molar-refractivity contribution in [2.45, 2.75) is 19.3 Å². The smallest absolute Gasteiger partial charge is 0.321 e.